The summed E-state index contributed by atoms with van der Waals surface area (Å²) in [5.74, 6) is -0.0215. The van der Waals surface area contributed by atoms with Gasteiger partial charge in [0.25, 0.3) is 0 Å². The molecular formula is C21H27FN2O5S. The molecule has 0 aliphatic rings. The fraction of sp³-hybridized carbons (Fsp3) is 0.381. The Hall–Kier alpha value is -2.81. The van der Waals surface area contributed by atoms with Crippen LogP contribution in [0, 0.1) is 5.82 Å². The molecule has 9 heteroatoms. The zero-order chi connectivity index (χ0) is 22.3. The lowest BCUT2D eigenvalue weighted by Crippen LogP contribution is -2.50. The first-order chi connectivity index (χ1) is 14.2. The van der Waals surface area contributed by atoms with Crippen LogP contribution in [0.2, 0.25) is 0 Å². The molecule has 0 saturated heterocycles. The summed E-state index contributed by atoms with van der Waals surface area (Å²) >= 11 is 0. The van der Waals surface area contributed by atoms with E-state index in [9.17, 15) is 17.6 Å². The molecule has 0 aliphatic carbocycles. The summed E-state index contributed by atoms with van der Waals surface area (Å²) in [6, 6.07) is 9.86. The Balaban J connectivity index is 2.14. The van der Waals surface area contributed by atoms with Gasteiger partial charge in [-0.3, -0.25) is 9.10 Å². The zero-order valence-corrected chi connectivity index (χ0v) is 18.3. The molecule has 164 valence electrons. The van der Waals surface area contributed by atoms with Crippen LogP contribution in [0.4, 0.5) is 10.1 Å². The van der Waals surface area contributed by atoms with E-state index in [1.807, 2.05) is 12.1 Å². The third kappa shape index (κ3) is 5.63. The summed E-state index contributed by atoms with van der Waals surface area (Å²) in [6.07, 6.45) is 1.64. The number of hydrogen-bond donors (Lipinski definition) is 1. The van der Waals surface area contributed by atoms with Gasteiger partial charge in [0.2, 0.25) is 15.9 Å². The van der Waals surface area contributed by atoms with Crippen molar-refractivity contribution in [2.45, 2.75) is 25.8 Å². The van der Waals surface area contributed by atoms with Crippen molar-refractivity contribution in [1.29, 1.82) is 0 Å². The van der Waals surface area contributed by atoms with Gasteiger partial charge in [-0.25, -0.2) is 12.8 Å². The van der Waals surface area contributed by atoms with Crippen molar-refractivity contribution in [1.82, 2.24) is 5.32 Å². The molecule has 2 aromatic carbocycles. The van der Waals surface area contributed by atoms with Gasteiger partial charge in [-0.15, -0.1) is 0 Å². The van der Waals surface area contributed by atoms with E-state index in [0.717, 1.165) is 22.2 Å². The number of halogens is 1. The predicted molar refractivity (Wildman–Crippen MR) is 114 cm³/mol. The molecule has 0 saturated carbocycles. The molecular weight excluding hydrogens is 411 g/mol. The van der Waals surface area contributed by atoms with Gasteiger partial charge in [0.1, 0.15) is 11.9 Å². The van der Waals surface area contributed by atoms with Gasteiger partial charge in [0, 0.05) is 6.54 Å². The van der Waals surface area contributed by atoms with Crippen LogP contribution >= 0.6 is 0 Å². The summed E-state index contributed by atoms with van der Waals surface area (Å²) < 4.78 is 50.3. The van der Waals surface area contributed by atoms with Crippen LogP contribution < -0.4 is 19.1 Å². The van der Waals surface area contributed by atoms with Crippen molar-refractivity contribution >= 4 is 21.6 Å². The van der Waals surface area contributed by atoms with Crippen molar-refractivity contribution in [3.05, 3.63) is 53.8 Å². The van der Waals surface area contributed by atoms with Crippen molar-refractivity contribution in [3.8, 4) is 11.5 Å². The standard InChI is InChI=1S/C21H27FN2O5S/c1-5-17(24(30(4,26)27)18-9-7-6-8-16(18)22)21(25)23-13-12-15-10-11-19(28-2)20(14-15)29-3/h6-11,14,17H,5,12-13H2,1-4H3,(H,23,25)/t17-/m1/s1. The topological polar surface area (TPSA) is 84.9 Å². The van der Waals surface area contributed by atoms with Gasteiger partial charge in [-0.05, 0) is 42.7 Å². The van der Waals surface area contributed by atoms with Gasteiger partial charge in [-0.2, -0.15) is 0 Å². The van der Waals surface area contributed by atoms with Gasteiger partial charge in [0.15, 0.2) is 11.5 Å². The number of carbonyl (C=O) groups excluding carboxylic acids is 1. The number of nitrogens with one attached hydrogen (secondary N) is 1. The van der Waals surface area contributed by atoms with Gasteiger partial charge < -0.3 is 14.8 Å². The van der Waals surface area contributed by atoms with Crippen molar-refractivity contribution < 1.29 is 27.1 Å². The Morgan fingerprint density at radius 1 is 1.13 bits per heavy atom. The quantitative estimate of drug-likeness (QED) is 0.617. The number of carbonyl (C=O) groups is 1. The Bertz CT molecular complexity index is 981. The average Bonchev–Trinajstić information content (AvgIpc) is 2.71. The van der Waals surface area contributed by atoms with E-state index in [1.165, 1.54) is 25.3 Å². The summed E-state index contributed by atoms with van der Waals surface area (Å²) in [4.78, 5) is 12.8. The first-order valence-corrected chi connectivity index (χ1v) is 11.3. The number of amides is 1. The van der Waals surface area contributed by atoms with Crippen LogP contribution in [0.25, 0.3) is 0 Å². The Labute approximate surface area is 176 Å². The Morgan fingerprint density at radius 2 is 1.80 bits per heavy atom. The third-order valence-corrected chi connectivity index (χ3v) is 5.75. The molecule has 2 aromatic rings. The van der Waals surface area contributed by atoms with Crippen LogP contribution in [0.1, 0.15) is 18.9 Å². The third-order valence-electron chi connectivity index (χ3n) is 4.58. The molecule has 0 unspecified atom stereocenters. The molecule has 1 amide bonds. The fourth-order valence-corrected chi connectivity index (χ4v) is 4.36. The van der Waals surface area contributed by atoms with Crippen LogP contribution in [0.3, 0.4) is 0 Å². The smallest absolute Gasteiger partial charge is 0.243 e. The summed E-state index contributed by atoms with van der Waals surface area (Å²) in [5, 5.41) is 2.75. The molecule has 0 bridgehead atoms. The largest absolute Gasteiger partial charge is 0.493 e. The molecule has 30 heavy (non-hydrogen) atoms. The molecule has 2 rings (SSSR count). The number of methoxy groups -OCH3 is 2. The highest BCUT2D eigenvalue weighted by atomic mass is 32.2. The number of nitrogens with zero attached hydrogens (tertiary/aromatic N) is 1. The molecule has 1 N–H and O–H groups in total. The molecule has 0 heterocycles. The van der Waals surface area contributed by atoms with Crippen molar-refractivity contribution in [3.63, 3.8) is 0 Å². The van der Waals surface area contributed by atoms with Crippen LogP contribution in [0.15, 0.2) is 42.5 Å². The lowest BCUT2D eigenvalue weighted by atomic mass is 10.1. The summed E-state index contributed by atoms with van der Waals surface area (Å²) in [5.41, 5.74) is 0.761. The maximum Gasteiger partial charge on any atom is 0.243 e. The zero-order valence-electron chi connectivity index (χ0n) is 17.5. The van der Waals surface area contributed by atoms with Gasteiger partial charge in [0.05, 0.1) is 26.2 Å². The highest BCUT2D eigenvalue weighted by Gasteiger charge is 2.32. The van der Waals surface area contributed by atoms with Gasteiger partial charge in [-0.1, -0.05) is 25.1 Å². The second-order valence-corrected chi connectivity index (χ2v) is 8.52. The maximum atomic E-state index is 14.3. The minimum atomic E-state index is -3.89. The van der Waals surface area contributed by atoms with Crippen molar-refractivity contribution in [2.75, 3.05) is 31.3 Å². The highest BCUT2D eigenvalue weighted by molar-refractivity contribution is 7.92. The summed E-state index contributed by atoms with van der Waals surface area (Å²) in [7, 11) is -0.802. The van der Waals surface area contributed by atoms with Crippen LogP contribution in [-0.4, -0.2) is 47.4 Å². The average molecular weight is 439 g/mol. The minimum Gasteiger partial charge on any atom is -0.493 e. The van der Waals surface area contributed by atoms with E-state index in [0.29, 0.717) is 17.9 Å². The molecule has 1 atom stereocenters. The second-order valence-electron chi connectivity index (χ2n) is 6.66. The SMILES string of the molecule is CC[C@H](C(=O)NCCc1ccc(OC)c(OC)c1)N(c1ccccc1F)S(C)(=O)=O. The van der Waals surface area contributed by atoms with Crippen LogP contribution in [-0.2, 0) is 21.2 Å². The molecule has 0 radical (unpaired) electrons. The Morgan fingerprint density at radius 3 is 2.37 bits per heavy atom. The van der Waals surface area contributed by atoms with E-state index >= 15 is 0 Å². The number of para-hydroxylation sites is 1. The maximum absolute atomic E-state index is 14.3. The summed E-state index contributed by atoms with van der Waals surface area (Å²) in [6.45, 7) is 1.96. The van der Waals surface area contributed by atoms with E-state index < -0.39 is 27.8 Å². The molecule has 7 nitrogen and oxygen atoms in total. The van der Waals surface area contributed by atoms with Crippen molar-refractivity contribution in [2.24, 2.45) is 0 Å². The number of hydrogen-bond acceptors (Lipinski definition) is 5. The normalized spacial score (nSPS) is 12.2. The second kappa shape index (κ2) is 10.3. The lowest BCUT2D eigenvalue weighted by molar-refractivity contribution is -0.122. The molecule has 0 spiro atoms. The number of benzene rings is 2. The highest BCUT2D eigenvalue weighted by Crippen LogP contribution is 2.28. The van der Waals surface area contributed by atoms with Gasteiger partial charge >= 0.3 is 0 Å². The minimum absolute atomic E-state index is 0.151. The molecule has 0 fully saturated rings. The number of anilines is 1. The monoisotopic (exact) mass is 438 g/mol. The van der Waals surface area contributed by atoms with Crippen LogP contribution in [0.5, 0.6) is 11.5 Å². The van der Waals surface area contributed by atoms with E-state index in [4.69, 9.17) is 9.47 Å². The van der Waals surface area contributed by atoms with E-state index in [-0.39, 0.29) is 18.7 Å². The fourth-order valence-electron chi connectivity index (χ4n) is 3.15. The molecule has 0 aromatic heterocycles. The van der Waals surface area contributed by atoms with E-state index in [2.05, 4.69) is 5.32 Å². The number of sulfonamides is 1. The number of ether oxygens (including phenoxy) is 2. The Kier molecular flexibility index (Phi) is 8.05. The number of rotatable bonds is 10. The molecule has 0 aliphatic heterocycles. The predicted octanol–water partition coefficient (Wildman–Crippen LogP) is 2.75. The first kappa shape index (κ1) is 23.5. The lowest BCUT2D eigenvalue weighted by Gasteiger charge is -2.30. The first-order valence-electron chi connectivity index (χ1n) is 9.45. The van der Waals surface area contributed by atoms with E-state index in [1.54, 1.807) is 20.1 Å².